The fourth-order valence-electron chi connectivity index (χ4n) is 1.32. The van der Waals surface area contributed by atoms with E-state index in [2.05, 4.69) is 5.16 Å². The Morgan fingerprint density at radius 3 is 2.69 bits per heavy atom. The molecule has 2 N–H and O–H groups in total. The number of aromatic nitrogens is 1. The van der Waals surface area contributed by atoms with Crippen molar-refractivity contribution >= 4 is 29.0 Å². The van der Waals surface area contributed by atoms with Crippen LogP contribution in [0.5, 0.6) is 5.75 Å². The van der Waals surface area contributed by atoms with Gasteiger partial charge >= 0.3 is 0 Å². The fraction of sp³-hybridized carbons (Fsp3) is 0.100. The van der Waals surface area contributed by atoms with Gasteiger partial charge in [0.05, 0.1) is 12.7 Å². The van der Waals surface area contributed by atoms with E-state index in [1.165, 1.54) is 0 Å². The topological polar surface area (TPSA) is 61.3 Å². The molecule has 2 rings (SSSR count). The third-order valence-electron chi connectivity index (χ3n) is 2.07. The molecule has 0 atom stereocenters. The summed E-state index contributed by atoms with van der Waals surface area (Å²) in [4.78, 5) is 0. The smallest absolute Gasteiger partial charge is 0.191 e. The summed E-state index contributed by atoms with van der Waals surface area (Å²) < 4.78 is 10.2. The molecular weight excluding hydrogens is 251 g/mol. The number of nitrogens with zero attached hydrogens (tertiary/aromatic N) is 1. The van der Waals surface area contributed by atoms with Gasteiger partial charge in [-0.05, 0) is 18.2 Å². The monoisotopic (exact) mass is 258 g/mol. The van der Waals surface area contributed by atoms with Crippen molar-refractivity contribution in [3.05, 3.63) is 28.2 Å². The predicted molar refractivity (Wildman–Crippen MR) is 62.9 cm³/mol. The van der Waals surface area contributed by atoms with Crippen LogP contribution in [0.15, 0.2) is 22.7 Å². The first kappa shape index (κ1) is 11.1. The molecule has 1 aromatic carbocycles. The standard InChI is InChI=1S/C10H8Cl2N2O2/c1-15-7-3-2-5(11)4-6(7)9-8(12)10(13)14-16-9/h2-4H,1H3,(H2,13,14). The van der Waals surface area contributed by atoms with Crippen LogP contribution in [0.4, 0.5) is 5.82 Å². The Morgan fingerprint density at radius 2 is 2.12 bits per heavy atom. The molecule has 16 heavy (non-hydrogen) atoms. The molecule has 0 aliphatic rings. The molecule has 1 heterocycles. The lowest BCUT2D eigenvalue weighted by Crippen LogP contribution is -1.87. The molecule has 0 spiro atoms. The third-order valence-corrected chi connectivity index (χ3v) is 2.67. The Balaban J connectivity index is 2.62. The maximum Gasteiger partial charge on any atom is 0.191 e. The number of hydrogen-bond acceptors (Lipinski definition) is 4. The molecule has 0 unspecified atom stereocenters. The first-order valence-corrected chi connectivity index (χ1v) is 5.13. The maximum absolute atomic E-state index is 5.94. The Hall–Kier alpha value is -1.39. The van der Waals surface area contributed by atoms with Crippen molar-refractivity contribution in [2.45, 2.75) is 0 Å². The molecule has 0 amide bonds. The number of hydrogen-bond donors (Lipinski definition) is 1. The molecule has 4 nitrogen and oxygen atoms in total. The average molecular weight is 259 g/mol. The van der Waals surface area contributed by atoms with E-state index >= 15 is 0 Å². The zero-order chi connectivity index (χ0) is 11.7. The van der Waals surface area contributed by atoms with Crippen LogP contribution in [0, 0.1) is 0 Å². The Labute approximate surface area is 102 Å². The minimum atomic E-state index is 0.138. The number of methoxy groups -OCH3 is 1. The predicted octanol–water partition coefficient (Wildman–Crippen LogP) is 3.24. The van der Waals surface area contributed by atoms with E-state index in [-0.39, 0.29) is 10.8 Å². The SMILES string of the molecule is COc1ccc(Cl)cc1-c1onc(N)c1Cl. The molecule has 0 aliphatic carbocycles. The van der Waals surface area contributed by atoms with Crippen LogP contribution in [0.3, 0.4) is 0 Å². The van der Waals surface area contributed by atoms with Crippen molar-refractivity contribution in [2.24, 2.45) is 0 Å². The van der Waals surface area contributed by atoms with Gasteiger partial charge in [-0.3, -0.25) is 0 Å². The van der Waals surface area contributed by atoms with Crippen molar-refractivity contribution in [3.63, 3.8) is 0 Å². The van der Waals surface area contributed by atoms with E-state index in [0.717, 1.165) is 0 Å². The second-order valence-corrected chi connectivity index (χ2v) is 3.87. The second-order valence-electron chi connectivity index (χ2n) is 3.06. The van der Waals surface area contributed by atoms with E-state index in [9.17, 15) is 0 Å². The van der Waals surface area contributed by atoms with Crippen LogP contribution < -0.4 is 10.5 Å². The highest BCUT2D eigenvalue weighted by atomic mass is 35.5. The Bertz CT molecular complexity index is 526. The van der Waals surface area contributed by atoms with Gasteiger partial charge in [-0.1, -0.05) is 28.4 Å². The van der Waals surface area contributed by atoms with Crippen LogP contribution in [-0.2, 0) is 0 Å². The molecular formula is C10H8Cl2N2O2. The van der Waals surface area contributed by atoms with Gasteiger partial charge in [0.1, 0.15) is 10.8 Å². The first-order valence-electron chi connectivity index (χ1n) is 4.38. The maximum atomic E-state index is 5.94. The van der Waals surface area contributed by atoms with Crippen LogP contribution in [0.2, 0.25) is 10.0 Å². The number of nitrogen functional groups attached to an aromatic ring is 1. The van der Waals surface area contributed by atoms with Gasteiger partial charge in [-0.15, -0.1) is 0 Å². The fourth-order valence-corrected chi connectivity index (χ4v) is 1.66. The quantitative estimate of drug-likeness (QED) is 0.899. The van der Waals surface area contributed by atoms with Gasteiger partial charge in [0.2, 0.25) is 0 Å². The summed E-state index contributed by atoms with van der Waals surface area (Å²) in [6.45, 7) is 0. The molecule has 0 fully saturated rings. The molecule has 0 saturated heterocycles. The summed E-state index contributed by atoms with van der Waals surface area (Å²) in [7, 11) is 1.54. The number of anilines is 1. The van der Waals surface area contributed by atoms with Gasteiger partial charge in [0.25, 0.3) is 0 Å². The van der Waals surface area contributed by atoms with Crippen molar-refractivity contribution in [3.8, 4) is 17.1 Å². The van der Waals surface area contributed by atoms with Gasteiger partial charge in [-0.25, -0.2) is 0 Å². The van der Waals surface area contributed by atoms with Crippen molar-refractivity contribution in [1.82, 2.24) is 5.16 Å². The third kappa shape index (κ3) is 1.81. The highest BCUT2D eigenvalue weighted by molar-refractivity contribution is 6.35. The molecule has 6 heteroatoms. The minimum absolute atomic E-state index is 0.138. The normalized spacial score (nSPS) is 10.4. The summed E-state index contributed by atoms with van der Waals surface area (Å²) in [6, 6.07) is 5.09. The summed E-state index contributed by atoms with van der Waals surface area (Å²) in [5.41, 5.74) is 6.11. The van der Waals surface area contributed by atoms with Crippen LogP contribution >= 0.6 is 23.2 Å². The largest absolute Gasteiger partial charge is 0.496 e. The summed E-state index contributed by atoms with van der Waals surface area (Å²) >= 11 is 11.8. The molecule has 84 valence electrons. The number of rotatable bonds is 2. The summed E-state index contributed by atoms with van der Waals surface area (Å²) in [5.74, 6) is 1.07. The Kier molecular flexibility index (Phi) is 2.94. The number of ether oxygens (including phenoxy) is 1. The molecule has 0 radical (unpaired) electrons. The average Bonchev–Trinajstić information content (AvgIpc) is 2.60. The molecule has 0 aliphatic heterocycles. The van der Waals surface area contributed by atoms with Crippen molar-refractivity contribution in [2.75, 3.05) is 12.8 Å². The molecule has 2 aromatic rings. The van der Waals surface area contributed by atoms with E-state index in [1.54, 1.807) is 25.3 Å². The first-order chi connectivity index (χ1) is 7.63. The van der Waals surface area contributed by atoms with E-state index in [4.69, 9.17) is 38.2 Å². The lowest BCUT2D eigenvalue weighted by molar-refractivity contribution is 0.407. The van der Waals surface area contributed by atoms with Gasteiger partial charge in [0.15, 0.2) is 11.6 Å². The van der Waals surface area contributed by atoms with E-state index in [0.29, 0.717) is 22.1 Å². The van der Waals surface area contributed by atoms with Gasteiger partial charge in [-0.2, -0.15) is 0 Å². The number of nitrogens with two attached hydrogens (primary N) is 1. The molecule has 1 aromatic heterocycles. The zero-order valence-corrected chi connectivity index (χ0v) is 9.84. The van der Waals surface area contributed by atoms with Crippen molar-refractivity contribution in [1.29, 1.82) is 0 Å². The Morgan fingerprint density at radius 1 is 1.38 bits per heavy atom. The number of halogens is 2. The lowest BCUT2D eigenvalue weighted by Gasteiger charge is -2.05. The number of benzene rings is 1. The highest BCUT2D eigenvalue weighted by Crippen LogP contribution is 2.38. The van der Waals surface area contributed by atoms with Crippen molar-refractivity contribution < 1.29 is 9.26 Å². The molecule has 0 saturated carbocycles. The molecule has 0 bridgehead atoms. The van der Waals surface area contributed by atoms with Crippen LogP contribution in [0.25, 0.3) is 11.3 Å². The summed E-state index contributed by atoms with van der Waals surface area (Å²) in [6.07, 6.45) is 0. The lowest BCUT2D eigenvalue weighted by atomic mass is 10.1. The van der Waals surface area contributed by atoms with Crippen LogP contribution in [0.1, 0.15) is 0 Å². The van der Waals surface area contributed by atoms with Gasteiger partial charge in [0, 0.05) is 5.02 Å². The van der Waals surface area contributed by atoms with Gasteiger partial charge < -0.3 is 15.0 Å². The van der Waals surface area contributed by atoms with E-state index in [1.807, 2.05) is 0 Å². The second kappa shape index (κ2) is 4.23. The van der Waals surface area contributed by atoms with E-state index < -0.39 is 0 Å². The van der Waals surface area contributed by atoms with Crippen LogP contribution in [-0.4, -0.2) is 12.3 Å². The highest BCUT2D eigenvalue weighted by Gasteiger charge is 2.17. The summed E-state index contributed by atoms with van der Waals surface area (Å²) in [5, 5.41) is 4.36. The minimum Gasteiger partial charge on any atom is -0.496 e. The zero-order valence-electron chi connectivity index (χ0n) is 8.33.